The summed E-state index contributed by atoms with van der Waals surface area (Å²) in [6.45, 7) is 1.98. The number of nitrogens with zero attached hydrogens (tertiary/aromatic N) is 2. The number of carbonyl (C=O) groups is 1. The molecule has 0 aliphatic rings. The predicted molar refractivity (Wildman–Crippen MR) is 98.1 cm³/mol. The van der Waals surface area contributed by atoms with Gasteiger partial charge in [0, 0.05) is 10.9 Å². The molecule has 3 aromatic rings. The number of nitrogens with one attached hydrogen (secondary N) is 1. The van der Waals surface area contributed by atoms with E-state index in [9.17, 15) is 9.18 Å². The summed E-state index contributed by atoms with van der Waals surface area (Å²) in [5, 5.41) is 6.56. The Bertz CT molecular complexity index is 903. The number of aryl methyl sites for hydroxylation is 1. The molecule has 0 unspecified atom stereocenters. The monoisotopic (exact) mass is 353 g/mol. The highest BCUT2D eigenvalue weighted by Crippen LogP contribution is 2.24. The molecule has 0 spiro atoms. The number of aromatic nitrogens is 1. The summed E-state index contributed by atoms with van der Waals surface area (Å²) in [6, 6.07) is 13.9. The first-order valence-corrected chi connectivity index (χ1v) is 8.57. The van der Waals surface area contributed by atoms with Gasteiger partial charge in [-0.3, -0.25) is 4.79 Å². The number of amides is 1. The molecule has 1 amide bonds. The maximum Gasteiger partial charge on any atom is 0.246 e. The van der Waals surface area contributed by atoms with E-state index in [4.69, 9.17) is 0 Å². The summed E-state index contributed by atoms with van der Waals surface area (Å²) in [7, 11) is 0. The molecule has 6 heteroatoms. The Morgan fingerprint density at radius 2 is 2.00 bits per heavy atom. The molecular formula is C19H16FN3OS. The van der Waals surface area contributed by atoms with Crippen molar-refractivity contribution in [1.29, 1.82) is 0 Å². The van der Waals surface area contributed by atoms with Crippen molar-refractivity contribution < 1.29 is 9.18 Å². The molecule has 4 nitrogen and oxygen atoms in total. The number of thiazole rings is 1. The number of benzene rings is 2. The van der Waals surface area contributed by atoms with E-state index in [0.29, 0.717) is 5.69 Å². The second-order valence-corrected chi connectivity index (χ2v) is 6.34. The van der Waals surface area contributed by atoms with Crippen LogP contribution < -0.4 is 5.43 Å². The quantitative estimate of drug-likeness (QED) is 0.558. The molecule has 126 valence electrons. The standard InChI is InChI=1S/C19H16FN3OS/c1-13-4-2-3-5-15(13)11-21-23-18(24)10-17-12-25-19(22-17)14-6-8-16(20)9-7-14/h2-9,11-12H,10H2,1H3,(H,23,24)/b21-11-. The fourth-order valence-corrected chi connectivity index (χ4v) is 3.05. The maximum absolute atomic E-state index is 13.0. The molecule has 0 radical (unpaired) electrons. The zero-order chi connectivity index (χ0) is 17.6. The zero-order valence-corrected chi connectivity index (χ0v) is 14.4. The fraction of sp³-hybridized carbons (Fsp3) is 0.105. The number of carbonyl (C=O) groups excluding carboxylic acids is 1. The van der Waals surface area contributed by atoms with Crippen LogP contribution in [0.5, 0.6) is 0 Å². The minimum absolute atomic E-state index is 0.142. The number of hydrogen-bond donors (Lipinski definition) is 1. The van der Waals surface area contributed by atoms with Gasteiger partial charge >= 0.3 is 0 Å². The van der Waals surface area contributed by atoms with Gasteiger partial charge in [-0.25, -0.2) is 14.8 Å². The Kier molecular flexibility index (Phi) is 5.30. The lowest BCUT2D eigenvalue weighted by atomic mass is 10.1. The van der Waals surface area contributed by atoms with E-state index in [0.717, 1.165) is 21.7 Å². The van der Waals surface area contributed by atoms with Crippen molar-refractivity contribution in [2.45, 2.75) is 13.3 Å². The van der Waals surface area contributed by atoms with Crippen molar-refractivity contribution in [3.63, 3.8) is 0 Å². The Labute approximate surface area is 149 Å². The van der Waals surface area contributed by atoms with Crippen molar-refractivity contribution in [3.8, 4) is 10.6 Å². The van der Waals surface area contributed by atoms with E-state index in [2.05, 4.69) is 15.5 Å². The van der Waals surface area contributed by atoms with Crippen molar-refractivity contribution in [1.82, 2.24) is 10.4 Å². The minimum atomic E-state index is -0.286. The molecule has 0 saturated heterocycles. The predicted octanol–water partition coefficient (Wildman–Crippen LogP) is 3.95. The molecule has 25 heavy (non-hydrogen) atoms. The van der Waals surface area contributed by atoms with Gasteiger partial charge in [-0.15, -0.1) is 11.3 Å². The largest absolute Gasteiger partial charge is 0.273 e. The van der Waals surface area contributed by atoms with Gasteiger partial charge in [0.15, 0.2) is 0 Å². The highest BCUT2D eigenvalue weighted by Gasteiger charge is 2.08. The molecule has 0 aliphatic carbocycles. The van der Waals surface area contributed by atoms with E-state index in [1.807, 2.05) is 36.6 Å². The van der Waals surface area contributed by atoms with E-state index < -0.39 is 0 Å². The highest BCUT2D eigenvalue weighted by molar-refractivity contribution is 7.13. The molecule has 0 aliphatic heterocycles. The molecule has 0 atom stereocenters. The van der Waals surface area contributed by atoms with Gasteiger partial charge in [-0.2, -0.15) is 5.10 Å². The van der Waals surface area contributed by atoms with Crippen LogP contribution in [-0.2, 0) is 11.2 Å². The topological polar surface area (TPSA) is 54.4 Å². The van der Waals surface area contributed by atoms with Crippen LogP contribution in [0.25, 0.3) is 10.6 Å². The first-order chi connectivity index (χ1) is 12.1. The van der Waals surface area contributed by atoms with Gasteiger partial charge in [0.25, 0.3) is 0 Å². The maximum atomic E-state index is 13.0. The van der Waals surface area contributed by atoms with E-state index >= 15 is 0 Å². The molecule has 0 saturated carbocycles. The summed E-state index contributed by atoms with van der Waals surface area (Å²) in [5.41, 5.74) is 6.04. The summed E-state index contributed by atoms with van der Waals surface area (Å²) in [6.07, 6.45) is 1.76. The molecule has 2 aromatic carbocycles. The van der Waals surface area contributed by atoms with Crippen LogP contribution in [0.1, 0.15) is 16.8 Å². The second-order valence-electron chi connectivity index (χ2n) is 5.48. The van der Waals surface area contributed by atoms with Crippen LogP contribution in [0.4, 0.5) is 4.39 Å². The first kappa shape index (κ1) is 17.0. The molecule has 0 fully saturated rings. The van der Waals surface area contributed by atoms with E-state index in [1.165, 1.54) is 23.5 Å². The van der Waals surface area contributed by atoms with Crippen molar-refractivity contribution in [3.05, 3.63) is 76.5 Å². The lowest BCUT2D eigenvalue weighted by Gasteiger charge is -1.99. The summed E-state index contributed by atoms with van der Waals surface area (Å²) >= 11 is 1.42. The van der Waals surface area contributed by atoms with E-state index in [1.54, 1.807) is 18.3 Å². The van der Waals surface area contributed by atoms with Gasteiger partial charge < -0.3 is 0 Å². The lowest BCUT2D eigenvalue weighted by Crippen LogP contribution is -2.20. The van der Waals surface area contributed by atoms with Crippen LogP contribution in [0, 0.1) is 12.7 Å². The SMILES string of the molecule is Cc1ccccc1/C=N\NC(=O)Cc1csc(-c2ccc(F)cc2)n1. The Hall–Kier alpha value is -2.86. The van der Waals surface area contributed by atoms with Gasteiger partial charge in [-0.05, 0) is 42.3 Å². The van der Waals surface area contributed by atoms with Gasteiger partial charge in [0.1, 0.15) is 10.8 Å². The third-order valence-electron chi connectivity index (χ3n) is 3.57. The zero-order valence-electron chi connectivity index (χ0n) is 13.6. The smallest absolute Gasteiger partial charge is 0.246 e. The Balaban J connectivity index is 1.58. The molecule has 1 heterocycles. The lowest BCUT2D eigenvalue weighted by molar-refractivity contribution is -0.120. The molecule has 3 rings (SSSR count). The van der Waals surface area contributed by atoms with Crippen LogP contribution in [0.2, 0.25) is 0 Å². The highest BCUT2D eigenvalue weighted by atomic mass is 32.1. The van der Waals surface area contributed by atoms with Crippen molar-refractivity contribution in [2.24, 2.45) is 5.10 Å². The van der Waals surface area contributed by atoms with Crippen LogP contribution in [0.15, 0.2) is 59.0 Å². The molecule has 1 N–H and O–H groups in total. The summed E-state index contributed by atoms with van der Waals surface area (Å²) in [5.74, 6) is -0.521. The number of halogens is 1. The number of hydrazone groups is 1. The number of hydrogen-bond acceptors (Lipinski definition) is 4. The first-order valence-electron chi connectivity index (χ1n) is 7.70. The van der Waals surface area contributed by atoms with Crippen molar-refractivity contribution in [2.75, 3.05) is 0 Å². The van der Waals surface area contributed by atoms with Gasteiger partial charge in [0.05, 0.1) is 18.3 Å². The van der Waals surface area contributed by atoms with Crippen molar-refractivity contribution >= 4 is 23.5 Å². The second kappa shape index (κ2) is 7.81. The average molecular weight is 353 g/mol. The Morgan fingerprint density at radius 1 is 1.24 bits per heavy atom. The fourth-order valence-electron chi connectivity index (χ4n) is 2.22. The Morgan fingerprint density at radius 3 is 2.76 bits per heavy atom. The van der Waals surface area contributed by atoms with Crippen LogP contribution in [-0.4, -0.2) is 17.1 Å². The van der Waals surface area contributed by atoms with Crippen LogP contribution in [0.3, 0.4) is 0 Å². The third-order valence-corrected chi connectivity index (χ3v) is 4.51. The molecular weight excluding hydrogens is 337 g/mol. The number of rotatable bonds is 5. The molecule has 1 aromatic heterocycles. The minimum Gasteiger partial charge on any atom is -0.273 e. The van der Waals surface area contributed by atoms with Gasteiger partial charge in [0.2, 0.25) is 5.91 Å². The average Bonchev–Trinajstić information content (AvgIpc) is 3.05. The normalized spacial score (nSPS) is 11.0. The summed E-state index contributed by atoms with van der Waals surface area (Å²) < 4.78 is 13.0. The third kappa shape index (κ3) is 4.58. The molecule has 0 bridgehead atoms. The van der Waals surface area contributed by atoms with Crippen LogP contribution >= 0.6 is 11.3 Å². The summed E-state index contributed by atoms with van der Waals surface area (Å²) in [4.78, 5) is 16.4. The van der Waals surface area contributed by atoms with Gasteiger partial charge in [-0.1, -0.05) is 24.3 Å². The van der Waals surface area contributed by atoms with E-state index in [-0.39, 0.29) is 18.1 Å².